The zero-order chi connectivity index (χ0) is 13.7. The largest absolute Gasteiger partial charge is 0.467 e. The van der Waals surface area contributed by atoms with Gasteiger partial charge in [0.25, 0.3) is 11.5 Å². The van der Waals surface area contributed by atoms with Gasteiger partial charge in [-0.05, 0) is 0 Å². The van der Waals surface area contributed by atoms with Crippen LogP contribution in [-0.4, -0.2) is 46.7 Å². The van der Waals surface area contributed by atoms with Crippen LogP contribution < -0.4 is 16.6 Å². The SMILES string of the molecule is COC(=O)C(CO)NC(=O)c1c[nH]c(=O)[nH]c1=O. The topological polar surface area (TPSA) is 141 Å². The zero-order valence-corrected chi connectivity index (χ0v) is 9.35. The predicted octanol–water partition coefficient (Wildman–Crippen LogP) is -2.67. The number of ether oxygens (including phenoxy) is 1. The van der Waals surface area contributed by atoms with Crippen molar-refractivity contribution in [3.63, 3.8) is 0 Å². The Hall–Kier alpha value is -2.42. The molecule has 0 aliphatic rings. The average Bonchev–Trinajstić information content (AvgIpc) is 2.34. The summed E-state index contributed by atoms with van der Waals surface area (Å²) < 4.78 is 4.33. The van der Waals surface area contributed by atoms with Crippen LogP contribution in [0.1, 0.15) is 10.4 Å². The lowest BCUT2D eigenvalue weighted by molar-refractivity contribution is -0.143. The van der Waals surface area contributed by atoms with Gasteiger partial charge >= 0.3 is 11.7 Å². The summed E-state index contributed by atoms with van der Waals surface area (Å²) >= 11 is 0. The van der Waals surface area contributed by atoms with E-state index < -0.39 is 41.3 Å². The third-order valence-electron chi connectivity index (χ3n) is 2.04. The minimum absolute atomic E-state index is 0.392. The number of H-pyrrole nitrogens is 2. The summed E-state index contributed by atoms with van der Waals surface area (Å²) in [7, 11) is 1.09. The number of hydrogen-bond donors (Lipinski definition) is 4. The smallest absolute Gasteiger partial charge is 0.330 e. The van der Waals surface area contributed by atoms with Crippen molar-refractivity contribution < 1.29 is 19.4 Å². The Bertz CT molecular complexity index is 560. The maximum Gasteiger partial charge on any atom is 0.330 e. The van der Waals surface area contributed by atoms with E-state index in [4.69, 9.17) is 5.11 Å². The molecule has 0 fully saturated rings. The van der Waals surface area contributed by atoms with Crippen LogP contribution in [0, 0.1) is 0 Å². The van der Waals surface area contributed by atoms with Crippen molar-refractivity contribution in [3.05, 3.63) is 32.6 Å². The minimum Gasteiger partial charge on any atom is -0.467 e. The molecule has 1 rings (SSSR count). The Morgan fingerprint density at radius 1 is 1.50 bits per heavy atom. The second kappa shape index (κ2) is 5.77. The third kappa shape index (κ3) is 3.04. The fourth-order valence-electron chi connectivity index (χ4n) is 1.14. The van der Waals surface area contributed by atoms with Gasteiger partial charge in [0.05, 0.1) is 13.7 Å². The number of aromatic nitrogens is 2. The molecular weight excluding hydrogens is 246 g/mol. The summed E-state index contributed by atoms with van der Waals surface area (Å²) in [4.78, 5) is 48.7. The van der Waals surface area contributed by atoms with Gasteiger partial charge in [0.2, 0.25) is 0 Å². The summed E-state index contributed by atoms with van der Waals surface area (Å²) in [6.07, 6.45) is 0.905. The molecule has 0 saturated carbocycles. The number of nitrogens with one attached hydrogen (secondary N) is 3. The van der Waals surface area contributed by atoms with E-state index in [1.54, 1.807) is 0 Å². The number of aliphatic hydroxyl groups excluding tert-OH is 1. The molecule has 9 nitrogen and oxygen atoms in total. The fraction of sp³-hybridized carbons (Fsp3) is 0.333. The van der Waals surface area contributed by atoms with Crippen LogP contribution in [0.25, 0.3) is 0 Å². The van der Waals surface area contributed by atoms with Gasteiger partial charge in [-0.1, -0.05) is 0 Å². The summed E-state index contributed by atoms with van der Waals surface area (Å²) in [6, 6.07) is -1.28. The number of aliphatic hydroxyl groups is 1. The molecule has 1 unspecified atom stereocenters. The van der Waals surface area contributed by atoms with Crippen LogP contribution in [0.3, 0.4) is 0 Å². The van der Waals surface area contributed by atoms with Crippen molar-refractivity contribution >= 4 is 11.9 Å². The summed E-state index contributed by atoms with van der Waals surface area (Å²) in [6.45, 7) is -0.681. The molecule has 0 aliphatic carbocycles. The van der Waals surface area contributed by atoms with Crippen molar-refractivity contribution in [2.24, 2.45) is 0 Å². The molecule has 1 atom stereocenters. The maximum absolute atomic E-state index is 11.6. The molecule has 0 bridgehead atoms. The van der Waals surface area contributed by atoms with E-state index in [1.807, 2.05) is 4.98 Å². The lowest BCUT2D eigenvalue weighted by Crippen LogP contribution is -2.45. The molecule has 0 saturated heterocycles. The van der Waals surface area contributed by atoms with E-state index in [2.05, 4.69) is 15.0 Å². The fourth-order valence-corrected chi connectivity index (χ4v) is 1.14. The van der Waals surface area contributed by atoms with Crippen molar-refractivity contribution in [3.8, 4) is 0 Å². The minimum atomic E-state index is -1.28. The van der Waals surface area contributed by atoms with Gasteiger partial charge in [-0.15, -0.1) is 0 Å². The molecule has 9 heteroatoms. The molecule has 98 valence electrons. The highest BCUT2D eigenvalue weighted by Gasteiger charge is 2.22. The molecule has 4 N–H and O–H groups in total. The highest BCUT2D eigenvalue weighted by Crippen LogP contribution is 1.91. The first kappa shape index (κ1) is 13.6. The van der Waals surface area contributed by atoms with Gasteiger partial charge in [0, 0.05) is 6.20 Å². The maximum atomic E-state index is 11.6. The molecule has 1 aromatic heterocycles. The number of aromatic amines is 2. The van der Waals surface area contributed by atoms with E-state index >= 15 is 0 Å². The molecule has 0 radical (unpaired) electrons. The Morgan fingerprint density at radius 3 is 2.67 bits per heavy atom. The normalized spacial score (nSPS) is 11.7. The molecular formula is C9H11N3O6. The lowest BCUT2D eigenvalue weighted by atomic mass is 10.2. The first-order chi connectivity index (χ1) is 8.49. The Balaban J connectivity index is 2.91. The van der Waals surface area contributed by atoms with Gasteiger partial charge in [0.1, 0.15) is 5.56 Å². The molecule has 0 aliphatic heterocycles. The summed E-state index contributed by atoms with van der Waals surface area (Å²) in [5.41, 5.74) is -2.06. The molecule has 1 amide bonds. The second-order valence-corrected chi connectivity index (χ2v) is 3.22. The number of hydrogen-bond acceptors (Lipinski definition) is 6. The Morgan fingerprint density at radius 2 is 2.17 bits per heavy atom. The predicted molar refractivity (Wildman–Crippen MR) is 58.0 cm³/mol. The molecule has 1 heterocycles. The van der Waals surface area contributed by atoms with E-state index in [-0.39, 0.29) is 0 Å². The Kier molecular flexibility index (Phi) is 4.38. The lowest BCUT2D eigenvalue weighted by Gasteiger charge is -2.13. The molecule has 0 spiro atoms. The molecule has 0 aromatic carbocycles. The summed E-state index contributed by atoms with van der Waals surface area (Å²) in [5, 5.41) is 11.0. The van der Waals surface area contributed by atoms with Crippen LogP contribution in [0.5, 0.6) is 0 Å². The first-order valence-electron chi connectivity index (χ1n) is 4.81. The average molecular weight is 257 g/mol. The van der Waals surface area contributed by atoms with Gasteiger partial charge < -0.3 is 20.1 Å². The van der Waals surface area contributed by atoms with E-state index in [1.165, 1.54) is 0 Å². The first-order valence-corrected chi connectivity index (χ1v) is 4.81. The van der Waals surface area contributed by atoms with Gasteiger partial charge in [-0.25, -0.2) is 9.59 Å². The monoisotopic (exact) mass is 257 g/mol. The zero-order valence-electron chi connectivity index (χ0n) is 9.35. The number of esters is 1. The van der Waals surface area contributed by atoms with E-state index in [0.29, 0.717) is 0 Å². The summed E-state index contributed by atoms with van der Waals surface area (Å²) in [5.74, 6) is -1.77. The molecule has 1 aromatic rings. The van der Waals surface area contributed by atoms with Gasteiger partial charge in [-0.2, -0.15) is 0 Å². The van der Waals surface area contributed by atoms with Crippen LogP contribution in [0.15, 0.2) is 15.8 Å². The van der Waals surface area contributed by atoms with Gasteiger partial charge in [-0.3, -0.25) is 14.6 Å². The van der Waals surface area contributed by atoms with Crippen molar-refractivity contribution in [1.29, 1.82) is 0 Å². The third-order valence-corrected chi connectivity index (χ3v) is 2.04. The van der Waals surface area contributed by atoms with Crippen molar-refractivity contribution in [2.45, 2.75) is 6.04 Å². The number of methoxy groups -OCH3 is 1. The van der Waals surface area contributed by atoms with Crippen molar-refractivity contribution in [2.75, 3.05) is 13.7 Å². The van der Waals surface area contributed by atoms with Gasteiger partial charge in [0.15, 0.2) is 6.04 Å². The number of rotatable bonds is 4. The number of carbonyl (C=O) groups excluding carboxylic acids is 2. The Labute approximate surface area is 99.8 Å². The van der Waals surface area contributed by atoms with Crippen LogP contribution in [0.4, 0.5) is 0 Å². The highest BCUT2D eigenvalue weighted by molar-refractivity contribution is 5.96. The highest BCUT2D eigenvalue weighted by atomic mass is 16.5. The van der Waals surface area contributed by atoms with E-state index in [9.17, 15) is 19.2 Å². The quantitative estimate of drug-likeness (QED) is 0.433. The van der Waals surface area contributed by atoms with E-state index in [0.717, 1.165) is 13.3 Å². The molecule has 18 heavy (non-hydrogen) atoms. The second-order valence-electron chi connectivity index (χ2n) is 3.22. The van der Waals surface area contributed by atoms with Crippen LogP contribution >= 0.6 is 0 Å². The standard InChI is InChI=1S/C9H11N3O6/c1-18-8(16)5(3-13)11-6(14)4-2-10-9(17)12-7(4)15/h2,5,13H,3H2,1H3,(H,11,14)(H2,10,12,15,17). The number of carbonyl (C=O) groups is 2. The van der Waals surface area contributed by atoms with Crippen LogP contribution in [0.2, 0.25) is 0 Å². The van der Waals surface area contributed by atoms with Crippen LogP contribution in [-0.2, 0) is 9.53 Å². The van der Waals surface area contributed by atoms with Crippen molar-refractivity contribution in [1.82, 2.24) is 15.3 Å². The number of amides is 1.